The molecule has 5 nitrogen and oxygen atoms in total. The molecule has 1 unspecified atom stereocenters. The molecule has 0 amide bonds. The van der Waals surface area contributed by atoms with Crippen LogP contribution in [0.1, 0.15) is 52.7 Å². The molecule has 0 bridgehead atoms. The molecule has 33 heavy (non-hydrogen) atoms. The van der Waals surface area contributed by atoms with Crippen molar-refractivity contribution in [1.29, 1.82) is 0 Å². The van der Waals surface area contributed by atoms with Gasteiger partial charge in [-0.05, 0) is 60.2 Å². The van der Waals surface area contributed by atoms with Gasteiger partial charge in [-0.1, -0.05) is 24.3 Å². The minimum atomic E-state index is -0.847. The van der Waals surface area contributed by atoms with Crippen molar-refractivity contribution in [1.82, 2.24) is 0 Å². The Balaban J connectivity index is 1.36. The molecular formula is C27H25FO5. The van der Waals surface area contributed by atoms with Gasteiger partial charge in [0.05, 0.1) is 20.1 Å². The Hall–Kier alpha value is -3.54. The molecule has 5 rings (SSSR count). The van der Waals surface area contributed by atoms with Crippen LogP contribution in [0.25, 0.3) is 0 Å². The fraction of sp³-hybridized carbons (Fsp3) is 0.296. The van der Waals surface area contributed by atoms with Crippen LogP contribution in [0.3, 0.4) is 0 Å². The predicted molar refractivity (Wildman–Crippen MR) is 121 cm³/mol. The smallest absolute Gasteiger partial charge is 0.304 e. The molecule has 2 aliphatic rings. The van der Waals surface area contributed by atoms with Crippen molar-refractivity contribution in [3.63, 3.8) is 0 Å². The van der Waals surface area contributed by atoms with Crippen LogP contribution in [0.2, 0.25) is 0 Å². The SMILES string of the molecule is COc1ccc(Cc2ccc(F)c3c2CC[C@H]3Oc2ccc3c(c2)OCC3CC(=O)O)cc1. The van der Waals surface area contributed by atoms with Crippen molar-refractivity contribution in [2.24, 2.45) is 0 Å². The number of carbonyl (C=O) groups is 1. The molecule has 1 aliphatic carbocycles. The van der Waals surface area contributed by atoms with Gasteiger partial charge in [0, 0.05) is 23.1 Å². The zero-order chi connectivity index (χ0) is 22.9. The van der Waals surface area contributed by atoms with Crippen LogP contribution >= 0.6 is 0 Å². The Labute approximate surface area is 191 Å². The molecule has 3 aromatic carbocycles. The minimum Gasteiger partial charge on any atom is -0.497 e. The summed E-state index contributed by atoms with van der Waals surface area (Å²) in [5, 5.41) is 9.08. The standard InChI is InChI=1S/C27H25FO5/c1-31-19-5-2-16(3-6-19)12-17-4-10-23(28)27-22(17)9-11-24(27)33-20-7-8-21-18(13-26(29)30)15-32-25(21)14-20/h2-8,10,14,18,24H,9,11-13,15H2,1H3,(H,29,30)/t18?,24-/m1/s1. The number of aliphatic carboxylic acids is 1. The summed E-state index contributed by atoms with van der Waals surface area (Å²) >= 11 is 0. The Morgan fingerprint density at radius 2 is 1.91 bits per heavy atom. The van der Waals surface area contributed by atoms with Gasteiger partial charge in [0.25, 0.3) is 0 Å². The third-order valence-electron chi connectivity index (χ3n) is 6.50. The van der Waals surface area contributed by atoms with Gasteiger partial charge in [-0.25, -0.2) is 4.39 Å². The van der Waals surface area contributed by atoms with E-state index in [0.717, 1.165) is 40.8 Å². The van der Waals surface area contributed by atoms with Crippen molar-refractivity contribution in [3.05, 3.63) is 88.2 Å². The summed E-state index contributed by atoms with van der Waals surface area (Å²) in [6, 6.07) is 16.8. The first-order valence-electron chi connectivity index (χ1n) is 11.1. The molecular weight excluding hydrogens is 423 g/mol. The molecule has 1 heterocycles. The van der Waals surface area contributed by atoms with Crippen molar-refractivity contribution in [2.45, 2.75) is 37.7 Å². The van der Waals surface area contributed by atoms with E-state index in [-0.39, 0.29) is 24.3 Å². The van der Waals surface area contributed by atoms with Crippen molar-refractivity contribution < 1.29 is 28.5 Å². The summed E-state index contributed by atoms with van der Waals surface area (Å²) in [7, 11) is 1.64. The Morgan fingerprint density at radius 3 is 2.67 bits per heavy atom. The minimum absolute atomic E-state index is 0.0331. The second-order valence-corrected chi connectivity index (χ2v) is 8.57. The Kier molecular flexibility index (Phi) is 5.67. The zero-order valence-electron chi connectivity index (χ0n) is 18.3. The molecule has 0 saturated heterocycles. The number of carboxylic acid groups (broad SMARTS) is 1. The van der Waals surface area contributed by atoms with E-state index in [1.807, 2.05) is 42.5 Å². The normalized spacial score (nSPS) is 18.4. The molecule has 0 aromatic heterocycles. The van der Waals surface area contributed by atoms with Gasteiger partial charge in [-0.15, -0.1) is 0 Å². The van der Waals surface area contributed by atoms with Crippen molar-refractivity contribution in [3.8, 4) is 17.2 Å². The van der Waals surface area contributed by atoms with E-state index in [2.05, 4.69) is 0 Å². The van der Waals surface area contributed by atoms with Crippen LogP contribution in [0.15, 0.2) is 54.6 Å². The van der Waals surface area contributed by atoms with Gasteiger partial charge in [0.2, 0.25) is 0 Å². The topological polar surface area (TPSA) is 65.0 Å². The summed E-state index contributed by atoms with van der Waals surface area (Å²) in [6.45, 7) is 0.348. The van der Waals surface area contributed by atoms with E-state index in [1.54, 1.807) is 13.2 Å². The maximum atomic E-state index is 14.9. The highest BCUT2D eigenvalue weighted by Crippen LogP contribution is 2.42. The molecule has 6 heteroatoms. The van der Waals surface area contributed by atoms with E-state index >= 15 is 0 Å². The summed E-state index contributed by atoms with van der Waals surface area (Å²) in [5.41, 5.74) is 4.78. The molecule has 1 N–H and O–H groups in total. The number of carboxylic acids is 1. The number of methoxy groups -OCH3 is 1. The van der Waals surface area contributed by atoms with E-state index in [4.69, 9.17) is 19.3 Å². The van der Waals surface area contributed by atoms with Crippen LogP contribution in [-0.2, 0) is 17.6 Å². The van der Waals surface area contributed by atoms with Crippen LogP contribution in [0.4, 0.5) is 4.39 Å². The monoisotopic (exact) mass is 448 g/mol. The van der Waals surface area contributed by atoms with Crippen molar-refractivity contribution in [2.75, 3.05) is 13.7 Å². The fourth-order valence-corrected chi connectivity index (χ4v) is 4.87. The average Bonchev–Trinajstić information content (AvgIpc) is 3.41. The number of halogens is 1. The van der Waals surface area contributed by atoms with Gasteiger partial charge in [-0.3, -0.25) is 4.79 Å². The van der Waals surface area contributed by atoms with E-state index in [9.17, 15) is 9.18 Å². The van der Waals surface area contributed by atoms with E-state index in [0.29, 0.717) is 30.1 Å². The first-order chi connectivity index (χ1) is 16.0. The first-order valence-corrected chi connectivity index (χ1v) is 11.1. The van der Waals surface area contributed by atoms with Gasteiger partial charge in [0.15, 0.2) is 0 Å². The third kappa shape index (κ3) is 4.25. The number of hydrogen-bond acceptors (Lipinski definition) is 4. The summed E-state index contributed by atoms with van der Waals surface area (Å²) in [4.78, 5) is 11.1. The zero-order valence-corrected chi connectivity index (χ0v) is 18.3. The summed E-state index contributed by atoms with van der Waals surface area (Å²) in [6.07, 6.45) is 1.84. The van der Waals surface area contributed by atoms with Crippen LogP contribution in [0, 0.1) is 5.82 Å². The lowest BCUT2D eigenvalue weighted by atomic mass is 9.96. The van der Waals surface area contributed by atoms with E-state index < -0.39 is 5.97 Å². The van der Waals surface area contributed by atoms with Crippen LogP contribution < -0.4 is 14.2 Å². The Morgan fingerprint density at radius 1 is 1.12 bits per heavy atom. The highest BCUT2D eigenvalue weighted by Gasteiger charge is 2.31. The Bertz CT molecular complexity index is 1190. The number of ether oxygens (including phenoxy) is 3. The number of benzene rings is 3. The molecule has 1 aliphatic heterocycles. The lowest BCUT2D eigenvalue weighted by molar-refractivity contribution is -0.137. The summed E-state index contributed by atoms with van der Waals surface area (Å²) < 4.78 is 32.0. The lowest BCUT2D eigenvalue weighted by Gasteiger charge is -2.17. The van der Waals surface area contributed by atoms with Crippen molar-refractivity contribution >= 4 is 5.97 Å². The fourth-order valence-electron chi connectivity index (χ4n) is 4.87. The average molecular weight is 448 g/mol. The first kappa shape index (κ1) is 21.3. The van der Waals surface area contributed by atoms with Crippen LogP contribution in [-0.4, -0.2) is 24.8 Å². The highest BCUT2D eigenvalue weighted by atomic mass is 19.1. The van der Waals surface area contributed by atoms with E-state index in [1.165, 1.54) is 6.07 Å². The quantitative estimate of drug-likeness (QED) is 0.521. The molecule has 0 spiro atoms. The lowest BCUT2D eigenvalue weighted by Crippen LogP contribution is -2.07. The molecule has 3 aromatic rings. The number of fused-ring (bicyclic) bond motifs is 2. The molecule has 0 saturated carbocycles. The molecule has 170 valence electrons. The number of rotatable bonds is 7. The largest absolute Gasteiger partial charge is 0.497 e. The van der Waals surface area contributed by atoms with Gasteiger partial charge >= 0.3 is 5.97 Å². The maximum Gasteiger partial charge on any atom is 0.304 e. The van der Waals surface area contributed by atoms with Gasteiger partial charge in [-0.2, -0.15) is 0 Å². The predicted octanol–water partition coefficient (Wildman–Crippen LogP) is 5.44. The van der Waals surface area contributed by atoms with Crippen LogP contribution in [0.5, 0.6) is 17.2 Å². The molecule has 0 fully saturated rings. The third-order valence-corrected chi connectivity index (χ3v) is 6.50. The maximum absolute atomic E-state index is 14.9. The highest BCUT2D eigenvalue weighted by molar-refractivity contribution is 5.68. The number of hydrogen-bond donors (Lipinski definition) is 1. The molecule has 0 radical (unpaired) electrons. The second kappa shape index (κ2) is 8.77. The summed E-state index contributed by atoms with van der Waals surface area (Å²) in [5.74, 6) is 0.805. The second-order valence-electron chi connectivity index (χ2n) is 8.57. The van der Waals surface area contributed by atoms with Gasteiger partial charge < -0.3 is 19.3 Å². The van der Waals surface area contributed by atoms with Gasteiger partial charge in [0.1, 0.15) is 29.2 Å². The molecule has 2 atom stereocenters.